The van der Waals surface area contributed by atoms with Gasteiger partial charge in [-0.05, 0) is 74.0 Å². The lowest BCUT2D eigenvalue weighted by Crippen LogP contribution is -2.53. The number of benzene rings is 3. The summed E-state index contributed by atoms with van der Waals surface area (Å²) in [4.78, 5) is 16.2. The molecule has 5 rings (SSSR count). The maximum atomic E-state index is 13.8. The van der Waals surface area contributed by atoms with Crippen molar-refractivity contribution in [2.24, 2.45) is 0 Å². The SMILES string of the molecule is CCCN1CC(Oc2ccc(C(=O)c3c(-c4ccccc4C)noc3-c3ccc(O)cc3)cc2)C1. The van der Waals surface area contributed by atoms with E-state index in [-0.39, 0.29) is 17.6 Å². The molecule has 1 aliphatic rings. The normalized spacial score (nSPS) is 14.0. The predicted molar refractivity (Wildman–Crippen MR) is 135 cm³/mol. The van der Waals surface area contributed by atoms with Gasteiger partial charge in [-0.3, -0.25) is 9.69 Å². The Morgan fingerprint density at radius 2 is 1.77 bits per heavy atom. The maximum Gasteiger partial charge on any atom is 0.199 e. The lowest BCUT2D eigenvalue weighted by atomic mass is 9.94. The first-order valence-corrected chi connectivity index (χ1v) is 11.9. The van der Waals surface area contributed by atoms with Gasteiger partial charge >= 0.3 is 0 Å². The molecule has 0 bridgehead atoms. The Kier molecular flexibility index (Phi) is 6.38. The van der Waals surface area contributed by atoms with Gasteiger partial charge in [0.2, 0.25) is 0 Å². The van der Waals surface area contributed by atoms with Gasteiger partial charge in [-0.25, -0.2) is 0 Å². The average Bonchev–Trinajstić information content (AvgIpc) is 3.28. The minimum absolute atomic E-state index is 0.139. The maximum absolute atomic E-state index is 13.8. The molecule has 35 heavy (non-hydrogen) atoms. The second-order valence-electron chi connectivity index (χ2n) is 8.95. The third-order valence-corrected chi connectivity index (χ3v) is 6.33. The molecule has 178 valence electrons. The Bertz CT molecular complexity index is 1320. The van der Waals surface area contributed by atoms with Crippen LogP contribution in [0.4, 0.5) is 0 Å². The van der Waals surface area contributed by atoms with Crippen molar-refractivity contribution in [2.45, 2.75) is 26.4 Å². The Labute approximate surface area is 204 Å². The van der Waals surface area contributed by atoms with Gasteiger partial charge in [-0.15, -0.1) is 0 Å². The highest BCUT2D eigenvalue weighted by Crippen LogP contribution is 2.36. The highest BCUT2D eigenvalue weighted by Gasteiger charge is 2.29. The molecule has 1 aliphatic heterocycles. The molecule has 4 aromatic rings. The molecular weight excluding hydrogens is 440 g/mol. The Balaban J connectivity index is 1.46. The van der Waals surface area contributed by atoms with Crippen LogP contribution in [-0.4, -0.2) is 46.7 Å². The highest BCUT2D eigenvalue weighted by atomic mass is 16.5. The number of hydrogen-bond acceptors (Lipinski definition) is 6. The largest absolute Gasteiger partial charge is 0.508 e. The summed E-state index contributed by atoms with van der Waals surface area (Å²) in [5.41, 5.74) is 3.92. The monoisotopic (exact) mass is 468 g/mol. The number of ether oxygens (including phenoxy) is 1. The van der Waals surface area contributed by atoms with E-state index in [0.29, 0.717) is 28.1 Å². The van der Waals surface area contributed by atoms with Crippen molar-refractivity contribution in [2.75, 3.05) is 19.6 Å². The summed E-state index contributed by atoms with van der Waals surface area (Å²) in [6.45, 7) is 7.12. The van der Waals surface area contributed by atoms with Crippen molar-refractivity contribution in [3.8, 4) is 34.1 Å². The van der Waals surface area contributed by atoms with Crippen LogP contribution in [0.2, 0.25) is 0 Å². The van der Waals surface area contributed by atoms with Crippen molar-refractivity contribution in [3.63, 3.8) is 0 Å². The van der Waals surface area contributed by atoms with Crippen LogP contribution in [0.5, 0.6) is 11.5 Å². The molecule has 2 heterocycles. The molecule has 0 unspecified atom stereocenters. The minimum atomic E-state index is -0.183. The minimum Gasteiger partial charge on any atom is -0.508 e. The number of carbonyl (C=O) groups is 1. The molecule has 0 amide bonds. The van der Waals surface area contributed by atoms with Crippen molar-refractivity contribution < 1.29 is 19.2 Å². The summed E-state index contributed by atoms with van der Waals surface area (Å²) in [6, 6.07) is 21.6. The number of rotatable bonds is 8. The Hall–Kier alpha value is -3.90. The number of nitrogens with zero attached hydrogens (tertiary/aromatic N) is 2. The van der Waals surface area contributed by atoms with Crippen molar-refractivity contribution in [1.82, 2.24) is 10.1 Å². The van der Waals surface area contributed by atoms with E-state index in [1.807, 2.05) is 43.3 Å². The van der Waals surface area contributed by atoms with Gasteiger partial charge in [0.15, 0.2) is 11.5 Å². The fourth-order valence-corrected chi connectivity index (χ4v) is 4.45. The number of hydrogen-bond donors (Lipinski definition) is 1. The van der Waals surface area contributed by atoms with Crippen molar-refractivity contribution in [1.29, 1.82) is 0 Å². The van der Waals surface area contributed by atoms with Gasteiger partial charge in [0.1, 0.15) is 23.3 Å². The third kappa shape index (κ3) is 4.70. The van der Waals surface area contributed by atoms with Gasteiger partial charge < -0.3 is 14.4 Å². The molecule has 0 aliphatic carbocycles. The average molecular weight is 469 g/mol. The zero-order valence-corrected chi connectivity index (χ0v) is 19.9. The number of carbonyl (C=O) groups excluding carboxylic acids is 1. The molecule has 0 atom stereocenters. The van der Waals surface area contributed by atoms with E-state index in [0.717, 1.165) is 42.9 Å². The first-order valence-electron chi connectivity index (χ1n) is 11.9. The molecule has 1 saturated heterocycles. The van der Waals surface area contributed by atoms with Crippen LogP contribution in [-0.2, 0) is 0 Å². The molecule has 0 spiro atoms. The number of aromatic nitrogens is 1. The second kappa shape index (κ2) is 9.76. The number of aromatic hydroxyl groups is 1. The van der Waals surface area contributed by atoms with Crippen LogP contribution in [0, 0.1) is 6.92 Å². The summed E-state index contributed by atoms with van der Waals surface area (Å²) >= 11 is 0. The van der Waals surface area contributed by atoms with Crippen LogP contribution in [0.1, 0.15) is 34.8 Å². The summed E-state index contributed by atoms with van der Waals surface area (Å²) in [7, 11) is 0. The third-order valence-electron chi connectivity index (χ3n) is 6.33. The summed E-state index contributed by atoms with van der Waals surface area (Å²) < 4.78 is 11.8. The van der Waals surface area contributed by atoms with E-state index < -0.39 is 0 Å². The zero-order valence-electron chi connectivity index (χ0n) is 19.9. The van der Waals surface area contributed by atoms with Gasteiger partial charge in [-0.2, -0.15) is 0 Å². The first kappa shape index (κ1) is 22.9. The number of aryl methyl sites for hydroxylation is 1. The molecule has 3 aromatic carbocycles. The second-order valence-corrected chi connectivity index (χ2v) is 8.95. The Morgan fingerprint density at radius 3 is 2.46 bits per heavy atom. The van der Waals surface area contributed by atoms with Gasteiger partial charge in [0.25, 0.3) is 0 Å². The molecular formula is C29H28N2O4. The first-order chi connectivity index (χ1) is 17.0. The fraction of sp³-hybridized carbons (Fsp3) is 0.241. The van der Waals surface area contributed by atoms with Crippen LogP contribution in [0.25, 0.3) is 22.6 Å². The molecule has 1 fully saturated rings. The van der Waals surface area contributed by atoms with Crippen molar-refractivity contribution >= 4 is 5.78 Å². The standard InChI is InChI=1S/C29H28N2O4/c1-3-16-31-17-24(18-31)34-23-14-10-20(11-15-23)28(33)26-27(25-7-5-4-6-19(25)2)30-35-29(26)21-8-12-22(32)13-9-21/h4-15,24,32H,3,16-18H2,1-2H3. The van der Waals surface area contributed by atoms with E-state index in [9.17, 15) is 9.90 Å². The summed E-state index contributed by atoms with van der Waals surface area (Å²) in [5.74, 6) is 1.09. The molecule has 0 radical (unpaired) electrons. The van der Waals surface area contributed by atoms with Crippen LogP contribution >= 0.6 is 0 Å². The van der Waals surface area contributed by atoms with Crippen LogP contribution in [0.3, 0.4) is 0 Å². The van der Waals surface area contributed by atoms with E-state index in [4.69, 9.17) is 9.26 Å². The Morgan fingerprint density at radius 1 is 1.06 bits per heavy atom. The topological polar surface area (TPSA) is 75.8 Å². The molecule has 1 aromatic heterocycles. The molecule has 1 N–H and O–H groups in total. The number of ketones is 1. The zero-order chi connectivity index (χ0) is 24.4. The quantitative estimate of drug-likeness (QED) is 0.333. The summed E-state index contributed by atoms with van der Waals surface area (Å²) in [6.07, 6.45) is 1.33. The van der Waals surface area contributed by atoms with E-state index >= 15 is 0 Å². The van der Waals surface area contributed by atoms with Crippen LogP contribution < -0.4 is 4.74 Å². The lowest BCUT2D eigenvalue weighted by Gasteiger charge is -2.38. The smallest absolute Gasteiger partial charge is 0.199 e. The van der Waals surface area contributed by atoms with Gasteiger partial charge in [-0.1, -0.05) is 36.3 Å². The van der Waals surface area contributed by atoms with E-state index in [1.165, 1.54) is 0 Å². The van der Waals surface area contributed by atoms with Crippen LogP contribution in [0.15, 0.2) is 77.3 Å². The number of phenolic OH excluding ortho intramolecular Hbond substituents is 1. The fourth-order valence-electron chi connectivity index (χ4n) is 4.45. The van der Waals surface area contributed by atoms with Gasteiger partial charge in [0, 0.05) is 29.8 Å². The molecule has 6 heteroatoms. The van der Waals surface area contributed by atoms with Crippen molar-refractivity contribution in [3.05, 3.63) is 89.5 Å². The highest BCUT2D eigenvalue weighted by molar-refractivity contribution is 6.15. The van der Waals surface area contributed by atoms with E-state index in [1.54, 1.807) is 36.4 Å². The summed E-state index contributed by atoms with van der Waals surface area (Å²) in [5, 5.41) is 14.0. The molecule has 6 nitrogen and oxygen atoms in total. The number of likely N-dealkylation sites (tertiary alicyclic amines) is 1. The molecule has 0 saturated carbocycles. The van der Waals surface area contributed by atoms with Gasteiger partial charge in [0.05, 0.1) is 5.56 Å². The lowest BCUT2D eigenvalue weighted by molar-refractivity contribution is 0.0202. The van der Waals surface area contributed by atoms with E-state index in [2.05, 4.69) is 17.0 Å². The predicted octanol–water partition coefficient (Wildman–Crippen LogP) is 5.73. The number of phenols is 1.